The van der Waals surface area contributed by atoms with Crippen LogP contribution in [-0.4, -0.2) is 45.3 Å². The number of esters is 1. The van der Waals surface area contributed by atoms with Gasteiger partial charge in [-0.1, -0.05) is 34.8 Å². The summed E-state index contributed by atoms with van der Waals surface area (Å²) >= 11 is 17.6. The molecule has 0 unspecified atom stereocenters. The second-order valence-electron chi connectivity index (χ2n) is 5.69. The Morgan fingerprint density at radius 1 is 1.00 bits per heavy atom. The van der Waals surface area contributed by atoms with E-state index in [4.69, 9.17) is 39.5 Å². The summed E-state index contributed by atoms with van der Waals surface area (Å²) in [5.74, 6) is -1.43. The maximum Gasteiger partial charge on any atom is 0.338 e. The highest BCUT2D eigenvalue weighted by Gasteiger charge is 2.21. The molecule has 0 spiro atoms. The second kappa shape index (κ2) is 9.11. The van der Waals surface area contributed by atoms with Crippen molar-refractivity contribution in [2.75, 3.05) is 26.0 Å². The highest BCUT2D eigenvalue weighted by molar-refractivity contribution is 7.89. The van der Waals surface area contributed by atoms with E-state index in [1.165, 1.54) is 50.5 Å². The van der Waals surface area contributed by atoms with Crippen molar-refractivity contribution in [1.29, 1.82) is 0 Å². The summed E-state index contributed by atoms with van der Waals surface area (Å²) in [7, 11) is -1.07. The first kappa shape index (κ1) is 22.4. The highest BCUT2D eigenvalue weighted by Crippen LogP contribution is 2.27. The van der Waals surface area contributed by atoms with Crippen molar-refractivity contribution in [3.8, 4) is 0 Å². The number of carbonyl (C=O) groups is 2. The Balaban J connectivity index is 2.05. The lowest BCUT2D eigenvalue weighted by Gasteiger charge is -2.14. The molecule has 2 aromatic rings. The van der Waals surface area contributed by atoms with E-state index in [-0.39, 0.29) is 31.2 Å². The SMILES string of the molecule is CN(C)S(=O)(=O)c1cc(NC(=O)COC(=O)c2ccc(Cl)c(Cl)c2)ccc1Cl. The number of halogens is 3. The fourth-order valence-corrected chi connectivity index (χ4v) is 3.70. The van der Waals surface area contributed by atoms with Crippen LogP contribution in [0.15, 0.2) is 41.3 Å². The van der Waals surface area contributed by atoms with E-state index >= 15 is 0 Å². The minimum Gasteiger partial charge on any atom is -0.452 e. The number of nitrogens with zero attached hydrogens (tertiary/aromatic N) is 1. The van der Waals surface area contributed by atoms with Crippen molar-refractivity contribution in [3.63, 3.8) is 0 Å². The van der Waals surface area contributed by atoms with Gasteiger partial charge in [-0.2, -0.15) is 0 Å². The van der Waals surface area contributed by atoms with Crippen LogP contribution in [0, 0.1) is 0 Å². The van der Waals surface area contributed by atoms with Gasteiger partial charge in [0.15, 0.2) is 6.61 Å². The summed E-state index contributed by atoms with van der Waals surface area (Å²) in [4.78, 5) is 23.8. The number of amides is 1. The number of ether oxygens (including phenoxy) is 1. The molecule has 1 amide bonds. The van der Waals surface area contributed by atoms with Crippen LogP contribution >= 0.6 is 34.8 Å². The molecule has 0 atom stereocenters. The molecule has 0 aliphatic carbocycles. The number of hydrogen-bond donors (Lipinski definition) is 1. The van der Waals surface area contributed by atoms with Crippen LogP contribution in [0.1, 0.15) is 10.4 Å². The Morgan fingerprint density at radius 2 is 1.64 bits per heavy atom. The Morgan fingerprint density at radius 3 is 2.25 bits per heavy atom. The average Bonchev–Trinajstić information content (AvgIpc) is 2.63. The van der Waals surface area contributed by atoms with Crippen molar-refractivity contribution in [3.05, 3.63) is 57.0 Å². The zero-order valence-electron chi connectivity index (χ0n) is 14.7. The molecule has 0 saturated heterocycles. The van der Waals surface area contributed by atoms with Crippen molar-refractivity contribution < 1.29 is 22.7 Å². The molecule has 150 valence electrons. The summed E-state index contributed by atoms with van der Waals surface area (Å²) < 4.78 is 30.4. The number of benzene rings is 2. The zero-order valence-corrected chi connectivity index (χ0v) is 17.8. The monoisotopic (exact) mass is 464 g/mol. The first-order valence-corrected chi connectivity index (χ1v) is 10.2. The van der Waals surface area contributed by atoms with Crippen molar-refractivity contribution >= 4 is 62.4 Å². The van der Waals surface area contributed by atoms with Gasteiger partial charge in [0, 0.05) is 19.8 Å². The Kier molecular flexibility index (Phi) is 7.30. The van der Waals surface area contributed by atoms with Crippen LogP contribution in [-0.2, 0) is 19.6 Å². The molecule has 2 rings (SSSR count). The third-order valence-electron chi connectivity index (χ3n) is 3.46. The lowest BCUT2D eigenvalue weighted by Crippen LogP contribution is -2.23. The Hall–Kier alpha value is -1.84. The summed E-state index contributed by atoms with van der Waals surface area (Å²) in [5.41, 5.74) is 0.313. The summed E-state index contributed by atoms with van der Waals surface area (Å²) in [6.45, 7) is -0.586. The molecule has 0 fully saturated rings. The molecule has 0 saturated carbocycles. The molecular weight excluding hydrogens is 451 g/mol. The van der Waals surface area contributed by atoms with E-state index < -0.39 is 28.5 Å². The fraction of sp³-hybridized carbons (Fsp3) is 0.176. The van der Waals surface area contributed by atoms with Gasteiger partial charge in [0.2, 0.25) is 10.0 Å². The van der Waals surface area contributed by atoms with Gasteiger partial charge in [-0.05, 0) is 36.4 Å². The van der Waals surface area contributed by atoms with Crippen LogP contribution in [0.3, 0.4) is 0 Å². The molecule has 11 heteroatoms. The van der Waals surface area contributed by atoms with Crippen LogP contribution in [0.5, 0.6) is 0 Å². The molecule has 28 heavy (non-hydrogen) atoms. The molecule has 0 bridgehead atoms. The lowest BCUT2D eigenvalue weighted by atomic mass is 10.2. The van der Waals surface area contributed by atoms with E-state index in [2.05, 4.69) is 5.32 Å². The molecule has 0 heterocycles. The molecule has 0 aliphatic rings. The first-order chi connectivity index (χ1) is 13.0. The van der Waals surface area contributed by atoms with Crippen molar-refractivity contribution in [2.45, 2.75) is 4.90 Å². The van der Waals surface area contributed by atoms with Crippen LogP contribution in [0.2, 0.25) is 15.1 Å². The van der Waals surface area contributed by atoms with Gasteiger partial charge in [0.25, 0.3) is 5.91 Å². The van der Waals surface area contributed by atoms with E-state index in [9.17, 15) is 18.0 Å². The van der Waals surface area contributed by atoms with Crippen LogP contribution in [0.25, 0.3) is 0 Å². The molecule has 7 nitrogen and oxygen atoms in total. The van der Waals surface area contributed by atoms with E-state index in [1.54, 1.807) is 0 Å². The van der Waals surface area contributed by atoms with Gasteiger partial charge in [-0.25, -0.2) is 17.5 Å². The highest BCUT2D eigenvalue weighted by atomic mass is 35.5. The van der Waals surface area contributed by atoms with Gasteiger partial charge >= 0.3 is 5.97 Å². The number of hydrogen-bond acceptors (Lipinski definition) is 5. The minimum atomic E-state index is -3.79. The summed E-state index contributed by atoms with van der Waals surface area (Å²) in [6, 6.07) is 8.15. The molecule has 0 radical (unpaired) electrons. The number of nitrogens with one attached hydrogen (secondary N) is 1. The van der Waals surface area contributed by atoms with Crippen molar-refractivity contribution in [2.24, 2.45) is 0 Å². The quantitative estimate of drug-likeness (QED) is 0.657. The van der Waals surface area contributed by atoms with Gasteiger partial charge in [0.05, 0.1) is 20.6 Å². The summed E-state index contributed by atoms with van der Waals surface area (Å²) in [6.07, 6.45) is 0. The van der Waals surface area contributed by atoms with Gasteiger partial charge in [-0.15, -0.1) is 0 Å². The Bertz CT molecular complexity index is 1030. The minimum absolute atomic E-state index is 0.0118. The van der Waals surface area contributed by atoms with Gasteiger partial charge < -0.3 is 10.1 Å². The third-order valence-corrected chi connectivity index (χ3v) is 6.50. The number of anilines is 1. The molecular formula is C17H15Cl3N2O5S. The molecule has 2 aromatic carbocycles. The molecule has 1 N–H and O–H groups in total. The normalized spacial score (nSPS) is 11.4. The predicted molar refractivity (Wildman–Crippen MR) is 108 cm³/mol. The zero-order chi connectivity index (χ0) is 21.1. The van der Waals surface area contributed by atoms with E-state index in [0.29, 0.717) is 0 Å². The molecule has 0 aliphatic heterocycles. The average molecular weight is 466 g/mol. The van der Waals surface area contributed by atoms with Crippen molar-refractivity contribution in [1.82, 2.24) is 4.31 Å². The number of rotatable bonds is 6. The van der Waals surface area contributed by atoms with Crippen LogP contribution in [0.4, 0.5) is 5.69 Å². The Labute approximate surface area is 177 Å². The van der Waals surface area contributed by atoms with E-state index in [1.807, 2.05) is 0 Å². The maximum absolute atomic E-state index is 12.3. The standard InChI is InChI=1S/C17H15Cl3N2O5S/c1-22(2)28(25,26)15-8-11(4-6-13(15)19)21-16(23)9-27-17(24)10-3-5-12(18)14(20)7-10/h3-8H,9H2,1-2H3,(H,21,23). The predicted octanol–water partition coefficient (Wildman–Crippen LogP) is 3.69. The summed E-state index contributed by atoms with van der Waals surface area (Å²) in [5, 5.41) is 2.91. The van der Waals surface area contributed by atoms with E-state index in [0.717, 1.165) is 4.31 Å². The smallest absolute Gasteiger partial charge is 0.338 e. The van der Waals surface area contributed by atoms with Gasteiger partial charge in [0.1, 0.15) is 4.90 Å². The lowest BCUT2D eigenvalue weighted by molar-refractivity contribution is -0.119. The maximum atomic E-state index is 12.3. The number of sulfonamides is 1. The van der Waals surface area contributed by atoms with Gasteiger partial charge in [-0.3, -0.25) is 4.79 Å². The molecule has 0 aromatic heterocycles. The fourth-order valence-electron chi connectivity index (χ4n) is 2.01. The first-order valence-electron chi connectivity index (χ1n) is 7.66. The second-order valence-corrected chi connectivity index (χ2v) is 9.03. The topological polar surface area (TPSA) is 92.8 Å². The van der Waals surface area contributed by atoms with Crippen LogP contribution < -0.4 is 5.32 Å². The number of carbonyl (C=O) groups excluding carboxylic acids is 2. The largest absolute Gasteiger partial charge is 0.452 e. The third kappa shape index (κ3) is 5.36.